The van der Waals surface area contributed by atoms with Crippen LogP contribution in [0.1, 0.15) is 27.7 Å². The van der Waals surface area contributed by atoms with Gasteiger partial charge in [-0.1, -0.05) is 0 Å². The third kappa shape index (κ3) is 3.33. The Labute approximate surface area is 121 Å². The molecule has 0 saturated carbocycles. The summed E-state index contributed by atoms with van der Waals surface area (Å²) in [6.45, 7) is 6.05. The highest BCUT2D eigenvalue weighted by atomic mass is 16.6. The molecule has 8 heteroatoms. The lowest BCUT2D eigenvalue weighted by molar-refractivity contribution is -0.139. The largest absolute Gasteiger partial charge is 0.509 e. The van der Waals surface area contributed by atoms with Crippen LogP contribution >= 0.6 is 0 Å². The van der Waals surface area contributed by atoms with E-state index in [9.17, 15) is 24.6 Å². The van der Waals surface area contributed by atoms with E-state index in [1.165, 1.54) is 6.92 Å². The fourth-order valence-corrected chi connectivity index (χ4v) is 1.87. The van der Waals surface area contributed by atoms with Crippen molar-refractivity contribution in [3.05, 3.63) is 11.3 Å². The van der Waals surface area contributed by atoms with Crippen molar-refractivity contribution in [3.63, 3.8) is 0 Å². The first-order chi connectivity index (χ1) is 9.51. The van der Waals surface area contributed by atoms with Gasteiger partial charge in [-0.05, 0) is 27.7 Å². The molecule has 0 saturated heterocycles. The Bertz CT molecular complexity index is 501. The van der Waals surface area contributed by atoms with Gasteiger partial charge in [0, 0.05) is 0 Å². The molecule has 2 N–H and O–H groups in total. The van der Waals surface area contributed by atoms with E-state index in [0.29, 0.717) is 4.90 Å². The second-order valence-electron chi connectivity index (χ2n) is 5.59. The maximum absolute atomic E-state index is 12.2. The molecule has 0 aromatic rings. The van der Waals surface area contributed by atoms with E-state index in [-0.39, 0.29) is 0 Å². The van der Waals surface area contributed by atoms with Crippen LogP contribution in [-0.4, -0.2) is 57.9 Å². The summed E-state index contributed by atoms with van der Waals surface area (Å²) in [5.41, 5.74) is -1.57. The molecule has 1 aliphatic heterocycles. The van der Waals surface area contributed by atoms with Gasteiger partial charge in [0.1, 0.15) is 17.4 Å². The second-order valence-corrected chi connectivity index (χ2v) is 5.59. The standard InChI is InChI=1S/C13H19NO7/c1-6(15)8-9(16)7(11(18)20-5)10(17)14(8)12(19)21-13(2,3)4/h6,8,15-16H,1-5H3/t6?,8-/m0/s1. The molecule has 118 valence electrons. The first-order valence-corrected chi connectivity index (χ1v) is 6.27. The average molecular weight is 301 g/mol. The second kappa shape index (κ2) is 5.72. The van der Waals surface area contributed by atoms with Crippen LogP contribution in [0, 0.1) is 0 Å². The summed E-state index contributed by atoms with van der Waals surface area (Å²) in [7, 11) is 1.03. The Morgan fingerprint density at radius 3 is 2.24 bits per heavy atom. The predicted octanol–water partition coefficient (Wildman–Crippen LogP) is 0.498. The van der Waals surface area contributed by atoms with Crippen LogP contribution in [0.4, 0.5) is 4.79 Å². The number of rotatable bonds is 2. The number of nitrogens with zero attached hydrogens (tertiary/aromatic N) is 1. The number of hydrogen-bond donors (Lipinski definition) is 2. The third-order valence-corrected chi connectivity index (χ3v) is 2.68. The van der Waals surface area contributed by atoms with Crippen molar-refractivity contribution in [1.29, 1.82) is 0 Å². The summed E-state index contributed by atoms with van der Waals surface area (Å²) in [4.78, 5) is 36.3. The number of methoxy groups -OCH3 is 1. The highest BCUT2D eigenvalue weighted by molar-refractivity contribution is 6.22. The first kappa shape index (κ1) is 17.0. The molecule has 0 aromatic carbocycles. The monoisotopic (exact) mass is 301 g/mol. The molecule has 21 heavy (non-hydrogen) atoms. The van der Waals surface area contributed by atoms with Crippen molar-refractivity contribution in [2.75, 3.05) is 7.11 Å². The molecular formula is C13H19NO7. The maximum atomic E-state index is 12.2. The average Bonchev–Trinajstić information content (AvgIpc) is 2.58. The van der Waals surface area contributed by atoms with Gasteiger partial charge in [0.2, 0.25) is 0 Å². The van der Waals surface area contributed by atoms with Crippen molar-refractivity contribution in [2.45, 2.75) is 45.4 Å². The highest BCUT2D eigenvalue weighted by Crippen LogP contribution is 2.29. The molecule has 1 rings (SSSR count). The number of hydrogen-bond acceptors (Lipinski definition) is 7. The minimum Gasteiger partial charge on any atom is -0.509 e. The molecule has 2 atom stereocenters. The summed E-state index contributed by atoms with van der Waals surface area (Å²) in [6, 6.07) is -1.39. The Hall–Kier alpha value is -2.09. The van der Waals surface area contributed by atoms with E-state index in [0.717, 1.165) is 7.11 Å². The normalized spacial score (nSPS) is 20.6. The number of aliphatic hydroxyl groups is 2. The van der Waals surface area contributed by atoms with Gasteiger partial charge in [0.25, 0.3) is 5.91 Å². The SMILES string of the molecule is COC(=O)C1=C(O)[C@H](C(C)O)N(C(=O)OC(C)(C)C)C1=O. The van der Waals surface area contributed by atoms with Gasteiger partial charge in [-0.25, -0.2) is 14.5 Å². The van der Waals surface area contributed by atoms with Crippen molar-refractivity contribution in [2.24, 2.45) is 0 Å². The lowest BCUT2D eigenvalue weighted by Crippen LogP contribution is -2.48. The van der Waals surface area contributed by atoms with Gasteiger partial charge in [0.15, 0.2) is 5.57 Å². The Balaban J connectivity index is 3.20. The molecule has 1 heterocycles. The quantitative estimate of drug-likeness (QED) is 0.564. The van der Waals surface area contributed by atoms with Gasteiger partial charge in [-0.15, -0.1) is 0 Å². The lowest BCUT2D eigenvalue weighted by atomic mass is 10.1. The number of carbonyl (C=O) groups excluding carboxylic acids is 3. The molecular weight excluding hydrogens is 282 g/mol. The predicted molar refractivity (Wildman–Crippen MR) is 70.2 cm³/mol. The zero-order valence-electron chi connectivity index (χ0n) is 12.5. The van der Waals surface area contributed by atoms with Crippen molar-refractivity contribution in [1.82, 2.24) is 4.90 Å². The van der Waals surface area contributed by atoms with E-state index in [1.54, 1.807) is 20.8 Å². The van der Waals surface area contributed by atoms with Gasteiger partial charge in [-0.3, -0.25) is 4.79 Å². The number of ether oxygens (including phenoxy) is 2. The fourth-order valence-electron chi connectivity index (χ4n) is 1.87. The Kier molecular flexibility index (Phi) is 4.62. The molecule has 0 aromatic heterocycles. The molecule has 1 unspecified atom stereocenters. The van der Waals surface area contributed by atoms with Gasteiger partial charge >= 0.3 is 12.1 Å². The summed E-state index contributed by atoms with van der Waals surface area (Å²) in [5, 5.41) is 19.6. The van der Waals surface area contributed by atoms with E-state index in [4.69, 9.17) is 4.74 Å². The molecule has 8 nitrogen and oxygen atoms in total. The number of amides is 2. The number of imide groups is 1. The molecule has 1 aliphatic rings. The Morgan fingerprint density at radius 2 is 1.86 bits per heavy atom. The zero-order chi connectivity index (χ0) is 16.5. The molecule has 0 radical (unpaired) electrons. The third-order valence-electron chi connectivity index (χ3n) is 2.68. The summed E-state index contributed by atoms with van der Waals surface area (Å²) in [5.74, 6) is -2.87. The number of aliphatic hydroxyl groups excluding tert-OH is 2. The molecule has 0 spiro atoms. The van der Waals surface area contributed by atoms with Gasteiger partial charge in [-0.2, -0.15) is 0 Å². The maximum Gasteiger partial charge on any atom is 0.418 e. The van der Waals surface area contributed by atoms with E-state index >= 15 is 0 Å². The zero-order valence-corrected chi connectivity index (χ0v) is 12.5. The molecule has 0 aliphatic carbocycles. The minimum atomic E-state index is -1.39. The Morgan fingerprint density at radius 1 is 1.33 bits per heavy atom. The first-order valence-electron chi connectivity index (χ1n) is 6.27. The van der Waals surface area contributed by atoms with Crippen LogP contribution in [0.2, 0.25) is 0 Å². The van der Waals surface area contributed by atoms with E-state index in [1.807, 2.05) is 0 Å². The smallest absolute Gasteiger partial charge is 0.418 e. The van der Waals surface area contributed by atoms with Crippen LogP contribution in [0.15, 0.2) is 11.3 Å². The van der Waals surface area contributed by atoms with Crippen molar-refractivity contribution >= 4 is 18.0 Å². The molecule has 0 fully saturated rings. The van der Waals surface area contributed by atoms with Crippen LogP contribution in [-0.2, 0) is 19.1 Å². The van der Waals surface area contributed by atoms with Crippen molar-refractivity contribution in [3.8, 4) is 0 Å². The fraction of sp³-hybridized carbons (Fsp3) is 0.615. The van der Waals surface area contributed by atoms with Crippen LogP contribution in [0.5, 0.6) is 0 Å². The van der Waals surface area contributed by atoms with E-state index in [2.05, 4.69) is 4.74 Å². The van der Waals surface area contributed by atoms with Gasteiger partial charge < -0.3 is 19.7 Å². The number of esters is 1. The van der Waals surface area contributed by atoms with Crippen LogP contribution in [0.3, 0.4) is 0 Å². The summed E-state index contributed by atoms with van der Waals surface area (Å²) < 4.78 is 9.44. The van der Waals surface area contributed by atoms with Crippen LogP contribution in [0.25, 0.3) is 0 Å². The topological polar surface area (TPSA) is 113 Å². The molecule has 0 bridgehead atoms. The van der Waals surface area contributed by atoms with Crippen LogP contribution < -0.4 is 0 Å². The van der Waals surface area contributed by atoms with Gasteiger partial charge in [0.05, 0.1) is 13.2 Å². The summed E-state index contributed by atoms with van der Waals surface area (Å²) >= 11 is 0. The number of carbonyl (C=O) groups is 3. The summed E-state index contributed by atoms with van der Waals surface area (Å²) in [6.07, 6.45) is -2.35. The van der Waals surface area contributed by atoms with E-state index < -0.39 is 47.0 Å². The highest BCUT2D eigenvalue weighted by Gasteiger charge is 2.49. The van der Waals surface area contributed by atoms with Crippen molar-refractivity contribution < 1.29 is 34.1 Å². The minimum absolute atomic E-state index is 0.511. The lowest BCUT2D eigenvalue weighted by Gasteiger charge is -2.28. The molecule has 2 amide bonds.